The quantitative estimate of drug-likeness (QED) is 0.676. The first-order chi connectivity index (χ1) is 16.0. The Balaban J connectivity index is 1.41. The number of ether oxygens (including phenoxy) is 1. The largest absolute Gasteiger partial charge is 0.378 e. The van der Waals surface area contributed by atoms with Gasteiger partial charge in [-0.2, -0.15) is 4.99 Å². The van der Waals surface area contributed by atoms with Gasteiger partial charge < -0.3 is 15.0 Å². The lowest BCUT2D eigenvalue weighted by Crippen LogP contribution is -2.38. The van der Waals surface area contributed by atoms with Crippen LogP contribution >= 0.6 is 23.4 Å². The monoisotopic (exact) mass is 482 g/mol. The molecule has 1 fully saturated rings. The van der Waals surface area contributed by atoms with E-state index in [0.29, 0.717) is 53.4 Å². The van der Waals surface area contributed by atoms with Crippen LogP contribution < -0.4 is 10.2 Å². The Bertz CT molecular complexity index is 1220. The van der Waals surface area contributed by atoms with Crippen molar-refractivity contribution in [1.82, 2.24) is 4.90 Å². The second kappa shape index (κ2) is 9.01. The summed E-state index contributed by atoms with van der Waals surface area (Å²) in [5, 5.41) is 3.83. The Labute approximate surface area is 199 Å². The number of hydrogen-bond donors (Lipinski definition) is 1. The van der Waals surface area contributed by atoms with Gasteiger partial charge in [0.2, 0.25) is 5.91 Å². The van der Waals surface area contributed by atoms with Gasteiger partial charge in [-0.3, -0.25) is 19.3 Å². The van der Waals surface area contributed by atoms with E-state index in [1.165, 1.54) is 16.7 Å². The summed E-state index contributed by atoms with van der Waals surface area (Å²) in [4.78, 5) is 46.8. The van der Waals surface area contributed by atoms with Gasteiger partial charge in [0.05, 0.1) is 29.4 Å². The smallest absolute Gasteiger partial charge is 0.287 e. The van der Waals surface area contributed by atoms with Crippen molar-refractivity contribution in [3.8, 4) is 0 Å². The molecule has 1 N–H and O–H groups in total. The summed E-state index contributed by atoms with van der Waals surface area (Å²) in [5.41, 5.74) is 2.02. The summed E-state index contributed by atoms with van der Waals surface area (Å²) in [6.07, 6.45) is 0. The maximum absolute atomic E-state index is 13.4. The molecule has 0 unspecified atom stereocenters. The number of anilines is 2. The minimum atomic E-state index is -0.440. The summed E-state index contributed by atoms with van der Waals surface area (Å²) in [6, 6.07) is 13.9. The van der Waals surface area contributed by atoms with Gasteiger partial charge in [0.25, 0.3) is 11.8 Å². The molecule has 2 aromatic carbocycles. The fourth-order valence-electron chi connectivity index (χ4n) is 3.91. The zero-order valence-electron chi connectivity index (χ0n) is 17.4. The van der Waals surface area contributed by atoms with Crippen LogP contribution in [0.3, 0.4) is 0 Å². The van der Waals surface area contributed by atoms with Crippen LogP contribution in [-0.2, 0) is 19.1 Å². The minimum absolute atomic E-state index is 0.199. The predicted molar refractivity (Wildman–Crippen MR) is 128 cm³/mol. The number of nitrogens with zero attached hydrogens (tertiary/aromatic N) is 3. The average molecular weight is 483 g/mol. The number of halogens is 1. The number of carbonyl (C=O) groups excluding carboxylic acids is 3. The zero-order valence-corrected chi connectivity index (χ0v) is 19.0. The van der Waals surface area contributed by atoms with Crippen LogP contribution in [0.15, 0.2) is 58.4 Å². The van der Waals surface area contributed by atoms with E-state index in [-0.39, 0.29) is 22.9 Å². The Kier molecular flexibility index (Phi) is 5.92. The van der Waals surface area contributed by atoms with Crippen LogP contribution in [0.5, 0.6) is 0 Å². The maximum Gasteiger partial charge on any atom is 0.287 e. The van der Waals surface area contributed by atoms with E-state index in [2.05, 4.69) is 10.3 Å². The van der Waals surface area contributed by atoms with Crippen LogP contribution in [0.25, 0.3) is 5.57 Å². The fourth-order valence-corrected chi connectivity index (χ4v) is 5.16. The van der Waals surface area contributed by atoms with E-state index in [0.717, 1.165) is 0 Å². The van der Waals surface area contributed by atoms with E-state index in [1.54, 1.807) is 48.5 Å². The molecule has 0 bridgehead atoms. The fraction of sp³-hybridized carbons (Fsp3) is 0.217. The zero-order chi connectivity index (χ0) is 22.9. The molecule has 0 atom stereocenters. The van der Waals surface area contributed by atoms with E-state index in [9.17, 15) is 14.4 Å². The molecule has 33 heavy (non-hydrogen) atoms. The number of benzene rings is 2. The van der Waals surface area contributed by atoms with E-state index in [1.807, 2.05) is 4.90 Å². The van der Waals surface area contributed by atoms with Crippen molar-refractivity contribution in [2.75, 3.05) is 43.1 Å². The highest BCUT2D eigenvalue weighted by atomic mass is 35.5. The van der Waals surface area contributed by atoms with Crippen molar-refractivity contribution in [3.63, 3.8) is 0 Å². The third-order valence-electron chi connectivity index (χ3n) is 5.43. The van der Waals surface area contributed by atoms with Crippen molar-refractivity contribution in [2.45, 2.75) is 0 Å². The van der Waals surface area contributed by atoms with Gasteiger partial charge in [-0.05, 0) is 36.0 Å². The average Bonchev–Trinajstić information content (AvgIpc) is 3.31. The number of aliphatic imine (C=N–C) groups is 1. The van der Waals surface area contributed by atoms with Crippen LogP contribution in [0.4, 0.5) is 11.4 Å². The van der Waals surface area contributed by atoms with E-state index in [4.69, 9.17) is 16.3 Å². The van der Waals surface area contributed by atoms with Crippen LogP contribution in [0.2, 0.25) is 5.02 Å². The highest BCUT2D eigenvalue weighted by Gasteiger charge is 2.40. The first kappa shape index (κ1) is 21.7. The van der Waals surface area contributed by atoms with Gasteiger partial charge in [0.15, 0.2) is 5.17 Å². The number of amidine groups is 1. The Morgan fingerprint density at radius 2 is 1.91 bits per heavy atom. The molecule has 3 aliphatic heterocycles. The van der Waals surface area contributed by atoms with Crippen LogP contribution in [-0.4, -0.2) is 60.6 Å². The number of thioether (sulfide) groups is 1. The van der Waals surface area contributed by atoms with Crippen LogP contribution in [0.1, 0.15) is 5.56 Å². The molecule has 8 nitrogen and oxygen atoms in total. The number of fused-ring (bicyclic) bond motifs is 1. The first-order valence-electron chi connectivity index (χ1n) is 10.4. The number of amides is 3. The molecule has 0 aromatic heterocycles. The lowest BCUT2D eigenvalue weighted by molar-refractivity contribution is -0.118. The van der Waals surface area contributed by atoms with Crippen molar-refractivity contribution < 1.29 is 19.1 Å². The van der Waals surface area contributed by atoms with Gasteiger partial charge >= 0.3 is 0 Å². The molecule has 168 valence electrons. The van der Waals surface area contributed by atoms with E-state index < -0.39 is 11.8 Å². The number of morpholine rings is 1. The molecular formula is C23H19ClN4O4S. The van der Waals surface area contributed by atoms with Crippen molar-refractivity contribution in [1.29, 1.82) is 0 Å². The van der Waals surface area contributed by atoms with Gasteiger partial charge in [0, 0.05) is 29.4 Å². The lowest BCUT2D eigenvalue weighted by atomic mass is 10.1. The molecule has 2 aromatic rings. The lowest BCUT2D eigenvalue weighted by Gasteiger charge is -2.27. The number of rotatable bonds is 3. The summed E-state index contributed by atoms with van der Waals surface area (Å²) in [6.45, 7) is 2.22. The highest BCUT2D eigenvalue weighted by Crippen LogP contribution is 2.43. The summed E-state index contributed by atoms with van der Waals surface area (Å²) in [7, 11) is 0. The highest BCUT2D eigenvalue weighted by molar-refractivity contribution is 8.18. The molecule has 0 saturated carbocycles. The second-order valence-corrected chi connectivity index (χ2v) is 8.99. The van der Waals surface area contributed by atoms with Crippen molar-refractivity contribution >= 4 is 63.2 Å². The number of nitrogens with one attached hydrogen (secondary N) is 1. The van der Waals surface area contributed by atoms with Gasteiger partial charge in [-0.1, -0.05) is 35.9 Å². The first-order valence-corrected chi connectivity index (χ1v) is 11.6. The standard InChI is InChI=1S/C23H19ClN4O4S/c24-14-4-3-5-15(12-14)25-18(29)13-28-17-7-2-1-6-16(17)19(22(28)31)20-21(30)26-23(33-20)27-8-10-32-11-9-27/h1-7,12H,8-11,13H2,(H,25,29)/b20-19-. The van der Waals surface area contributed by atoms with Gasteiger partial charge in [-0.25, -0.2) is 0 Å². The maximum atomic E-state index is 13.4. The molecular weight excluding hydrogens is 464 g/mol. The molecule has 0 aliphatic carbocycles. The summed E-state index contributed by atoms with van der Waals surface area (Å²) >= 11 is 7.19. The topological polar surface area (TPSA) is 91.3 Å². The molecule has 1 saturated heterocycles. The SMILES string of the molecule is O=C(CN1C(=O)/C(=C2\SC(N3CCOCC3)=NC2=O)c2ccccc21)Nc1cccc(Cl)c1. The minimum Gasteiger partial charge on any atom is -0.378 e. The third-order valence-corrected chi connectivity index (χ3v) is 6.78. The molecule has 3 heterocycles. The third kappa shape index (κ3) is 4.27. The van der Waals surface area contributed by atoms with Crippen LogP contribution in [0, 0.1) is 0 Å². The van der Waals surface area contributed by atoms with Crippen molar-refractivity contribution in [2.24, 2.45) is 4.99 Å². The molecule has 5 rings (SSSR count). The number of para-hydroxylation sites is 1. The molecule has 0 radical (unpaired) electrons. The van der Waals surface area contributed by atoms with Crippen molar-refractivity contribution in [3.05, 3.63) is 64.0 Å². The molecule has 3 aliphatic rings. The number of hydrogen-bond acceptors (Lipinski definition) is 6. The Hall–Kier alpha value is -3.14. The summed E-state index contributed by atoms with van der Waals surface area (Å²) in [5.74, 6) is -1.21. The molecule has 0 spiro atoms. The predicted octanol–water partition coefficient (Wildman–Crippen LogP) is 3.00. The van der Waals surface area contributed by atoms with Gasteiger partial charge in [0.1, 0.15) is 6.54 Å². The molecule has 10 heteroatoms. The van der Waals surface area contributed by atoms with Gasteiger partial charge in [-0.15, -0.1) is 0 Å². The second-order valence-electron chi connectivity index (χ2n) is 7.57. The normalized spacial score (nSPS) is 20.2. The molecule has 3 amide bonds. The van der Waals surface area contributed by atoms with E-state index >= 15 is 0 Å². The Morgan fingerprint density at radius 3 is 2.70 bits per heavy atom. The number of carbonyl (C=O) groups is 3. The Morgan fingerprint density at radius 1 is 1.12 bits per heavy atom. The summed E-state index contributed by atoms with van der Waals surface area (Å²) < 4.78 is 5.37.